The number of hydrogen-bond acceptors (Lipinski definition) is 4. The molecule has 0 N–H and O–H groups in total. The van der Waals surface area contributed by atoms with Crippen LogP contribution in [0.5, 0.6) is 0 Å². The molecule has 7 heteroatoms. The molecule has 0 bridgehead atoms. The van der Waals surface area contributed by atoms with Crippen molar-refractivity contribution in [1.82, 2.24) is 29.4 Å². The highest BCUT2D eigenvalue weighted by atomic mass is 16.2. The average molecular weight is 400 g/mol. The van der Waals surface area contributed by atoms with Crippen LogP contribution in [-0.4, -0.2) is 48.4 Å². The number of fused-ring (bicyclic) bond motifs is 1. The standard InChI is InChI=1S/C23H24N6O/c1-27-20-10-6-5-9-19(20)22(26-27)23(30)28-12-11-18(15-28)13-21-25-24-16-29(21)14-17-7-3-2-4-8-17/h2-10,16,18H,11-15H2,1H3. The van der Waals surface area contributed by atoms with Crippen LogP contribution in [-0.2, 0) is 20.0 Å². The van der Waals surface area contributed by atoms with E-state index in [2.05, 4.69) is 32.0 Å². The Morgan fingerprint density at radius 2 is 1.90 bits per heavy atom. The van der Waals surface area contributed by atoms with E-state index in [4.69, 9.17) is 0 Å². The molecule has 1 unspecified atom stereocenters. The van der Waals surface area contributed by atoms with Crippen LogP contribution in [0, 0.1) is 5.92 Å². The summed E-state index contributed by atoms with van der Waals surface area (Å²) in [7, 11) is 1.88. The lowest BCUT2D eigenvalue weighted by molar-refractivity contribution is 0.0782. The Morgan fingerprint density at radius 3 is 2.77 bits per heavy atom. The molecule has 2 aromatic heterocycles. The Kier molecular flexibility index (Phi) is 4.78. The third-order valence-corrected chi connectivity index (χ3v) is 5.90. The minimum Gasteiger partial charge on any atom is -0.337 e. The SMILES string of the molecule is Cn1nc(C(=O)N2CCC(Cc3nncn3Cc3ccccc3)C2)c2ccccc21. The number of amides is 1. The normalized spacial score (nSPS) is 16.4. The molecular formula is C23H24N6O. The van der Waals surface area contributed by atoms with Gasteiger partial charge in [-0.25, -0.2) is 0 Å². The number of aryl methyl sites for hydroxylation is 1. The molecule has 2 aromatic carbocycles. The fourth-order valence-corrected chi connectivity index (χ4v) is 4.31. The number of carbonyl (C=O) groups excluding carboxylic acids is 1. The Balaban J connectivity index is 1.28. The van der Waals surface area contributed by atoms with Gasteiger partial charge < -0.3 is 9.47 Å². The van der Waals surface area contributed by atoms with E-state index in [0.29, 0.717) is 11.6 Å². The Hall–Kier alpha value is -3.48. The quantitative estimate of drug-likeness (QED) is 0.517. The first kappa shape index (κ1) is 18.5. The van der Waals surface area contributed by atoms with E-state index < -0.39 is 0 Å². The van der Waals surface area contributed by atoms with Gasteiger partial charge >= 0.3 is 0 Å². The van der Waals surface area contributed by atoms with Gasteiger partial charge in [0, 0.05) is 31.9 Å². The largest absolute Gasteiger partial charge is 0.337 e. The summed E-state index contributed by atoms with van der Waals surface area (Å²) in [6.45, 7) is 2.24. The minimum atomic E-state index is 0.0139. The van der Waals surface area contributed by atoms with Gasteiger partial charge in [-0.2, -0.15) is 5.10 Å². The van der Waals surface area contributed by atoms with Crippen molar-refractivity contribution in [2.45, 2.75) is 19.4 Å². The predicted molar refractivity (Wildman–Crippen MR) is 114 cm³/mol. The monoisotopic (exact) mass is 400 g/mol. The summed E-state index contributed by atoms with van der Waals surface area (Å²) in [6.07, 6.45) is 3.58. The van der Waals surface area contributed by atoms with Gasteiger partial charge in [-0.15, -0.1) is 10.2 Å². The maximum absolute atomic E-state index is 13.1. The molecule has 4 aromatic rings. The molecular weight excluding hydrogens is 376 g/mol. The van der Waals surface area contributed by atoms with Gasteiger partial charge in [-0.3, -0.25) is 9.48 Å². The summed E-state index contributed by atoms with van der Waals surface area (Å²) in [5.41, 5.74) is 2.75. The van der Waals surface area contributed by atoms with E-state index in [1.54, 1.807) is 11.0 Å². The molecule has 1 aliphatic rings. The number of rotatable bonds is 5. The molecule has 3 heterocycles. The molecule has 0 spiro atoms. The van der Waals surface area contributed by atoms with Gasteiger partial charge in [0.15, 0.2) is 5.69 Å². The van der Waals surface area contributed by atoms with Crippen molar-refractivity contribution in [2.75, 3.05) is 13.1 Å². The van der Waals surface area contributed by atoms with Crippen LogP contribution in [0.25, 0.3) is 10.9 Å². The maximum atomic E-state index is 13.1. The second kappa shape index (κ2) is 7.74. The predicted octanol–water partition coefficient (Wildman–Crippen LogP) is 2.92. The molecule has 1 atom stereocenters. The average Bonchev–Trinajstić information content (AvgIpc) is 3.49. The van der Waals surface area contributed by atoms with Gasteiger partial charge in [0.2, 0.25) is 0 Å². The van der Waals surface area contributed by atoms with Crippen LogP contribution in [0.3, 0.4) is 0 Å². The van der Waals surface area contributed by atoms with E-state index in [0.717, 1.165) is 49.2 Å². The van der Waals surface area contributed by atoms with E-state index in [-0.39, 0.29) is 5.91 Å². The number of nitrogens with zero attached hydrogens (tertiary/aromatic N) is 6. The summed E-state index contributed by atoms with van der Waals surface area (Å²) in [4.78, 5) is 15.1. The molecule has 0 aliphatic carbocycles. The van der Waals surface area contributed by atoms with Crippen LogP contribution >= 0.6 is 0 Å². The van der Waals surface area contributed by atoms with Crippen LogP contribution in [0.15, 0.2) is 60.9 Å². The highest BCUT2D eigenvalue weighted by Gasteiger charge is 2.30. The second-order valence-electron chi connectivity index (χ2n) is 7.96. The number of benzene rings is 2. The van der Waals surface area contributed by atoms with E-state index >= 15 is 0 Å². The topological polar surface area (TPSA) is 68.8 Å². The molecule has 1 aliphatic heterocycles. The van der Waals surface area contributed by atoms with Crippen LogP contribution in [0.1, 0.15) is 28.3 Å². The third kappa shape index (κ3) is 3.47. The lowest BCUT2D eigenvalue weighted by Gasteiger charge is -2.15. The van der Waals surface area contributed by atoms with Crippen molar-refractivity contribution in [2.24, 2.45) is 13.0 Å². The lowest BCUT2D eigenvalue weighted by atomic mass is 10.0. The highest BCUT2D eigenvalue weighted by Crippen LogP contribution is 2.25. The molecule has 0 saturated carbocycles. The van der Waals surface area contributed by atoms with Gasteiger partial charge in [0.05, 0.1) is 12.1 Å². The highest BCUT2D eigenvalue weighted by molar-refractivity contribution is 6.04. The molecule has 152 valence electrons. The smallest absolute Gasteiger partial charge is 0.275 e. The zero-order valence-corrected chi connectivity index (χ0v) is 17.0. The van der Waals surface area contributed by atoms with Gasteiger partial charge in [0.25, 0.3) is 5.91 Å². The summed E-state index contributed by atoms with van der Waals surface area (Å²) >= 11 is 0. The summed E-state index contributed by atoms with van der Waals surface area (Å²) in [5, 5.41) is 13.9. The number of para-hydroxylation sites is 1. The van der Waals surface area contributed by atoms with Crippen LogP contribution < -0.4 is 0 Å². The Morgan fingerprint density at radius 1 is 1.10 bits per heavy atom. The second-order valence-corrected chi connectivity index (χ2v) is 7.96. The maximum Gasteiger partial charge on any atom is 0.275 e. The Labute approximate surface area is 174 Å². The molecule has 5 rings (SSSR count). The van der Waals surface area contributed by atoms with Gasteiger partial charge in [-0.05, 0) is 24.0 Å². The van der Waals surface area contributed by atoms with Crippen molar-refractivity contribution in [3.63, 3.8) is 0 Å². The molecule has 30 heavy (non-hydrogen) atoms. The Bertz CT molecular complexity index is 1180. The van der Waals surface area contributed by atoms with Crippen molar-refractivity contribution in [3.05, 3.63) is 78.0 Å². The van der Waals surface area contributed by atoms with Crippen molar-refractivity contribution in [1.29, 1.82) is 0 Å². The fourth-order valence-electron chi connectivity index (χ4n) is 4.31. The lowest BCUT2D eigenvalue weighted by Crippen LogP contribution is -2.29. The zero-order chi connectivity index (χ0) is 20.5. The zero-order valence-electron chi connectivity index (χ0n) is 17.0. The number of aromatic nitrogens is 5. The molecule has 1 saturated heterocycles. The number of carbonyl (C=O) groups is 1. The van der Waals surface area contributed by atoms with Crippen molar-refractivity contribution >= 4 is 16.8 Å². The van der Waals surface area contributed by atoms with Crippen LogP contribution in [0.4, 0.5) is 0 Å². The first-order valence-corrected chi connectivity index (χ1v) is 10.3. The first-order chi connectivity index (χ1) is 14.7. The van der Waals surface area contributed by atoms with Crippen LogP contribution in [0.2, 0.25) is 0 Å². The molecule has 1 fully saturated rings. The summed E-state index contributed by atoms with van der Waals surface area (Å²) in [6, 6.07) is 18.2. The molecule has 1 amide bonds. The minimum absolute atomic E-state index is 0.0139. The van der Waals surface area contributed by atoms with Crippen molar-refractivity contribution < 1.29 is 4.79 Å². The first-order valence-electron chi connectivity index (χ1n) is 10.3. The van der Waals surface area contributed by atoms with Gasteiger partial charge in [0.1, 0.15) is 12.2 Å². The summed E-state index contributed by atoms with van der Waals surface area (Å²) in [5.74, 6) is 1.36. The van der Waals surface area contributed by atoms with Gasteiger partial charge in [-0.1, -0.05) is 48.5 Å². The van der Waals surface area contributed by atoms with E-state index in [9.17, 15) is 4.79 Å². The number of likely N-dealkylation sites (tertiary alicyclic amines) is 1. The number of hydrogen-bond donors (Lipinski definition) is 0. The third-order valence-electron chi connectivity index (χ3n) is 5.90. The summed E-state index contributed by atoms with van der Waals surface area (Å²) < 4.78 is 3.88. The van der Waals surface area contributed by atoms with Crippen molar-refractivity contribution in [3.8, 4) is 0 Å². The molecule has 0 radical (unpaired) electrons. The van der Waals surface area contributed by atoms with E-state index in [1.165, 1.54) is 5.56 Å². The fraction of sp³-hybridized carbons (Fsp3) is 0.304. The van der Waals surface area contributed by atoms with E-state index in [1.807, 2.05) is 54.4 Å². The molecule has 7 nitrogen and oxygen atoms in total.